The maximum absolute atomic E-state index is 5.42. The Labute approximate surface area is 151 Å². The molecule has 0 radical (unpaired) electrons. The molecule has 1 aromatic carbocycles. The molecule has 0 saturated carbocycles. The average molecular weight is 354 g/mol. The van der Waals surface area contributed by atoms with Crippen LogP contribution in [0, 0.1) is 6.92 Å². The van der Waals surface area contributed by atoms with Crippen LogP contribution >= 0.6 is 11.3 Å². The van der Waals surface area contributed by atoms with Crippen LogP contribution in [0.25, 0.3) is 11.3 Å². The van der Waals surface area contributed by atoms with E-state index in [4.69, 9.17) is 4.52 Å². The van der Waals surface area contributed by atoms with Gasteiger partial charge in [0, 0.05) is 27.9 Å². The van der Waals surface area contributed by atoms with Crippen LogP contribution in [0.2, 0.25) is 0 Å². The molecule has 0 aliphatic rings. The maximum atomic E-state index is 5.42. The average Bonchev–Trinajstić information content (AvgIpc) is 3.27. The number of guanidine groups is 1. The van der Waals surface area contributed by atoms with Crippen LogP contribution in [0.4, 0.5) is 0 Å². The predicted molar refractivity (Wildman–Crippen MR) is 103 cm³/mol. The highest BCUT2D eigenvalue weighted by Gasteiger charge is 2.06. The van der Waals surface area contributed by atoms with Crippen LogP contribution in [0.15, 0.2) is 58.0 Å². The Balaban J connectivity index is 1.62. The van der Waals surface area contributed by atoms with E-state index in [-0.39, 0.29) is 0 Å². The van der Waals surface area contributed by atoms with E-state index in [1.54, 1.807) is 11.3 Å². The summed E-state index contributed by atoms with van der Waals surface area (Å²) >= 11 is 1.79. The van der Waals surface area contributed by atoms with Gasteiger partial charge in [0.25, 0.3) is 0 Å². The summed E-state index contributed by atoms with van der Waals surface area (Å²) < 4.78 is 5.42. The molecule has 0 atom stereocenters. The monoisotopic (exact) mass is 354 g/mol. The van der Waals surface area contributed by atoms with Gasteiger partial charge in [0.05, 0.1) is 13.1 Å². The molecule has 3 rings (SSSR count). The minimum atomic E-state index is 0.467. The first-order valence-electron chi connectivity index (χ1n) is 8.33. The molecule has 6 heteroatoms. The third kappa shape index (κ3) is 4.93. The zero-order chi connectivity index (χ0) is 17.5. The Morgan fingerprint density at radius 3 is 2.72 bits per heavy atom. The molecule has 2 heterocycles. The van der Waals surface area contributed by atoms with Crippen molar-refractivity contribution in [3.8, 4) is 11.3 Å². The molecule has 3 aromatic rings. The normalized spacial score (nSPS) is 11.5. The topological polar surface area (TPSA) is 62.5 Å². The first kappa shape index (κ1) is 17.2. The molecule has 130 valence electrons. The third-order valence-corrected chi connectivity index (χ3v) is 4.59. The summed E-state index contributed by atoms with van der Waals surface area (Å²) in [6.45, 7) is 6.20. The molecule has 0 unspecified atom stereocenters. The summed E-state index contributed by atoms with van der Waals surface area (Å²) in [5.41, 5.74) is 1.83. The van der Waals surface area contributed by atoms with Crippen LogP contribution in [-0.4, -0.2) is 17.7 Å². The number of thiophene rings is 1. The lowest BCUT2D eigenvalue weighted by Gasteiger charge is -2.09. The maximum Gasteiger partial charge on any atom is 0.191 e. The van der Waals surface area contributed by atoms with Crippen molar-refractivity contribution in [2.45, 2.75) is 26.9 Å². The summed E-state index contributed by atoms with van der Waals surface area (Å²) in [6.07, 6.45) is 0. The van der Waals surface area contributed by atoms with E-state index < -0.39 is 0 Å². The highest BCUT2D eigenvalue weighted by molar-refractivity contribution is 7.11. The summed E-state index contributed by atoms with van der Waals surface area (Å²) in [7, 11) is 0. The van der Waals surface area contributed by atoms with Gasteiger partial charge in [-0.15, -0.1) is 11.3 Å². The third-order valence-electron chi connectivity index (χ3n) is 3.59. The van der Waals surface area contributed by atoms with Gasteiger partial charge >= 0.3 is 0 Å². The second-order valence-corrected chi connectivity index (χ2v) is 6.98. The molecule has 0 aliphatic heterocycles. The van der Waals surface area contributed by atoms with Gasteiger partial charge in [-0.05, 0) is 26.0 Å². The van der Waals surface area contributed by atoms with Crippen molar-refractivity contribution in [3.63, 3.8) is 0 Å². The second kappa shape index (κ2) is 8.48. The van der Waals surface area contributed by atoms with Crippen LogP contribution in [0.5, 0.6) is 0 Å². The lowest BCUT2D eigenvalue weighted by Crippen LogP contribution is -2.36. The van der Waals surface area contributed by atoms with Gasteiger partial charge in [-0.3, -0.25) is 0 Å². The van der Waals surface area contributed by atoms with Crippen molar-refractivity contribution in [2.24, 2.45) is 4.99 Å². The van der Waals surface area contributed by atoms with Crippen molar-refractivity contribution in [1.82, 2.24) is 15.8 Å². The first-order chi connectivity index (χ1) is 12.2. The van der Waals surface area contributed by atoms with E-state index in [2.05, 4.69) is 46.8 Å². The standard InChI is InChI=1S/C19H22N4OS/c1-3-20-19(22-13-17-10-9-14(2)25-17)21-12-16-11-18(24-23-16)15-7-5-4-6-8-15/h4-11H,3,12-13H2,1-2H3,(H2,20,21,22). The summed E-state index contributed by atoms with van der Waals surface area (Å²) in [5, 5.41) is 10.7. The second-order valence-electron chi connectivity index (χ2n) is 5.61. The number of aryl methyl sites for hydroxylation is 1. The van der Waals surface area contributed by atoms with Crippen molar-refractivity contribution >= 4 is 17.3 Å². The smallest absolute Gasteiger partial charge is 0.191 e. The Morgan fingerprint density at radius 1 is 1.16 bits per heavy atom. The van der Waals surface area contributed by atoms with Gasteiger partial charge in [0.15, 0.2) is 11.7 Å². The minimum Gasteiger partial charge on any atom is -0.357 e. The summed E-state index contributed by atoms with van der Waals surface area (Å²) in [4.78, 5) is 7.19. The van der Waals surface area contributed by atoms with Gasteiger partial charge in [0.1, 0.15) is 5.69 Å². The zero-order valence-corrected chi connectivity index (χ0v) is 15.3. The molecule has 0 saturated heterocycles. The van der Waals surface area contributed by atoms with Crippen molar-refractivity contribution in [2.75, 3.05) is 6.54 Å². The van der Waals surface area contributed by atoms with E-state index in [9.17, 15) is 0 Å². The Morgan fingerprint density at radius 2 is 2.00 bits per heavy atom. The van der Waals surface area contributed by atoms with Crippen LogP contribution in [0.3, 0.4) is 0 Å². The van der Waals surface area contributed by atoms with Crippen LogP contribution in [0.1, 0.15) is 22.4 Å². The fourth-order valence-corrected chi connectivity index (χ4v) is 3.21. The SMILES string of the molecule is CCNC(=NCc1cc(-c2ccccc2)on1)NCc1ccc(C)s1. The quantitative estimate of drug-likeness (QED) is 0.519. The molecule has 5 nitrogen and oxygen atoms in total. The van der Waals surface area contributed by atoms with E-state index in [0.29, 0.717) is 6.54 Å². The van der Waals surface area contributed by atoms with E-state index >= 15 is 0 Å². The Bertz CT molecular complexity index is 823. The number of nitrogens with zero attached hydrogens (tertiary/aromatic N) is 2. The molecular formula is C19H22N4OS. The molecule has 0 aliphatic carbocycles. The highest BCUT2D eigenvalue weighted by Crippen LogP contribution is 2.20. The van der Waals surface area contributed by atoms with Gasteiger partial charge < -0.3 is 15.2 Å². The van der Waals surface area contributed by atoms with Gasteiger partial charge in [-0.25, -0.2) is 4.99 Å². The number of aromatic nitrogens is 1. The lowest BCUT2D eigenvalue weighted by atomic mass is 10.2. The minimum absolute atomic E-state index is 0.467. The number of aliphatic imine (C=N–C) groups is 1. The zero-order valence-electron chi connectivity index (χ0n) is 14.5. The molecule has 0 bridgehead atoms. The molecular weight excluding hydrogens is 332 g/mol. The van der Waals surface area contributed by atoms with Crippen molar-refractivity contribution in [1.29, 1.82) is 0 Å². The molecule has 0 amide bonds. The Hall–Kier alpha value is -2.60. The first-order valence-corrected chi connectivity index (χ1v) is 9.14. The Kier molecular flexibility index (Phi) is 5.85. The fourth-order valence-electron chi connectivity index (χ4n) is 2.38. The molecule has 0 fully saturated rings. The van der Waals surface area contributed by atoms with E-state index in [1.807, 2.05) is 36.4 Å². The summed E-state index contributed by atoms with van der Waals surface area (Å²) in [5.74, 6) is 1.54. The number of hydrogen-bond acceptors (Lipinski definition) is 4. The van der Waals surface area contributed by atoms with Gasteiger partial charge in [-0.2, -0.15) is 0 Å². The van der Waals surface area contributed by atoms with Crippen LogP contribution in [-0.2, 0) is 13.1 Å². The molecule has 0 spiro atoms. The van der Waals surface area contributed by atoms with Gasteiger partial charge in [0.2, 0.25) is 0 Å². The number of nitrogens with one attached hydrogen (secondary N) is 2. The predicted octanol–water partition coefficient (Wildman–Crippen LogP) is 3.97. The van der Waals surface area contributed by atoms with Gasteiger partial charge in [-0.1, -0.05) is 35.5 Å². The largest absolute Gasteiger partial charge is 0.357 e. The number of hydrogen-bond donors (Lipinski definition) is 2. The molecule has 2 aromatic heterocycles. The van der Waals surface area contributed by atoms with Crippen molar-refractivity contribution in [3.05, 3.63) is 64.0 Å². The van der Waals surface area contributed by atoms with E-state index in [1.165, 1.54) is 9.75 Å². The van der Waals surface area contributed by atoms with Crippen molar-refractivity contribution < 1.29 is 4.52 Å². The van der Waals surface area contributed by atoms with Crippen LogP contribution < -0.4 is 10.6 Å². The number of benzene rings is 1. The van der Waals surface area contributed by atoms with E-state index in [0.717, 1.165) is 36.1 Å². The molecule has 25 heavy (non-hydrogen) atoms. The lowest BCUT2D eigenvalue weighted by molar-refractivity contribution is 0.424. The number of rotatable bonds is 6. The molecule has 2 N–H and O–H groups in total. The highest BCUT2D eigenvalue weighted by atomic mass is 32.1. The fraction of sp³-hybridized carbons (Fsp3) is 0.263. The summed E-state index contributed by atoms with van der Waals surface area (Å²) in [6, 6.07) is 16.2.